The molecular formula is C19H16N2OS. The second-order valence-corrected chi connectivity index (χ2v) is 6.71. The average Bonchev–Trinajstić information content (AvgIpc) is 3.05. The Morgan fingerprint density at radius 2 is 1.87 bits per heavy atom. The summed E-state index contributed by atoms with van der Waals surface area (Å²) in [6.45, 7) is 0.528. The Morgan fingerprint density at radius 1 is 1.09 bits per heavy atom. The van der Waals surface area contributed by atoms with E-state index < -0.39 is 0 Å². The van der Waals surface area contributed by atoms with Crippen molar-refractivity contribution in [2.24, 2.45) is 0 Å². The number of aryl methyl sites for hydroxylation is 2. The minimum atomic E-state index is -0.00121. The van der Waals surface area contributed by atoms with E-state index in [1.807, 2.05) is 12.1 Å². The van der Waals surface area contributed by atoms with Crippen LogP contribution >= 0.6 is 11.3 Å². The Balaban J connectivity index is 1.55. The second kappa shape index (κ2) is 5.97. The lowest BCUT2D eigenvalue weighted by Crippen LogP contribution is -2.21. The number of rotatable bonds is 3. The van der Waals surface area contributed by atoms with Gasteiger partial charge in [0, 0.05) is 23.8 Å². The van der Waals surface area contributed by atoms with Gasteiger partial charge in [0.1, 0.15) is 0 Å². The van der Waals surface area contributed by atoms with Crippen molar-refractivity contribution in [1.82, 2.24) is 10.3 Å². The summed E-state index contributed by atoms with van der Waals surface area (Å²) in [5.74, 6) is -0.00121. The molecular weight excluding hydrogens is 304 g/mol. The first kappa shape index (κ1) is 14.2. The number of fused-ring (bicyclic) bond motifs is 3. The molecule has 3 nitrogen and oxygen atoms in total. The first-order chi connectivity index (χ1) is 11.3. The monoisotopic (exact) mass is 320 g/mol. The molecule has 0 saturated heterocycles. The predicted molar refractivity (Wildman–Crippen MR) is 92.6 cm³/mol. The number of aromatic nitrogens is 1. The van der Waals surface area contributed by atoms with Crippen molar-refractivity contribution >= 4 is 17.2 Å². The zero-order chi connectivity index (χ0) is 15.6. The van der Waals surface area contributed by atoms with Crippen LogP contribution in [0.25, 0.3) is 10.4 Å². The average molecular weight is 320 g/mol. The van der Waals surface area contributed by atoms with E-state index in [9.17, 15) is 4.79 Å². The standard InChI is InChI=1S/C19H16N2OS/c22-19(21-12-13-7-9-20-10-8-13)17-11-15-6-5-14-3-1-2-4-16(14)18(15)23-17/h1-4,7-11H,5-6,12H2,(H,21,22). The van der Waals surface area contributed by atoms with E-state index in [1.165, 1.54) is 21.6 Å². The van der Waals surface area contributed by atoms with Gasteiger partial charge in [-0.3, -0.25) is 9.78 Å². The lowest BCUT2D eigenvalue weighted by atomic mass is 9.91. The van der Waals surface area contributed by atoms with Gasteiger partial charge in [0.15, 0.2) is 0 Å². The molecule has 0 spiro atoms. The zero-order valence-electron chi connectivity index (χ0n) is 12.6. The number of benzene rings is 1. The van der Waals surface area contributed by atoms with Gasteiger partial charge < -0.3 is 5.32 Å². The molecule has 1 aromatic carbocycles. The van der Waals surface area contributed by atoms with Gasteiger partial charge >= 0.3 is 0 Å². The maximum Gasteiger partial charge on any atom is 0.261 e. The van der Waals surface area contributed by atoms with Gasteiger partial charge in [0.05, 0.1) is 4.88 Å². The van der Waals surface area contributed by atoms with E-state index in [2.05, 4.69) is 40.6 Å². The predicted octanol–water partition coefficient (Wildman–Crippen LogP) is 3.84. The number of hydrogen-bond donors (Lipinski definition) is 1. The summed E-state index contributed by atoms with van der Waals surface area (Å²) in [6.07, 6.45) is 5.54. The molecule has 4 rings (SSSR count). The van der Waals surface area contributed by atoms with Crippen molar-refractivity contribution in [2.75, 3.05) is 0 Å². The number of nitrogens with one attached hydrogen (secondary N) is 1. The van der Waals surface area contributed by atoms with Gasteiger partial charge in [-0.25, -0.2) is 0 Å². The molecule has 0 unspecified atom stereocenters. The molecule has 0 fully saturated rings. The van der Waals surface area contributed by atoms with E-state index in [-0.39, 0.29) is 5.91 Å². The van der Waals surface area contributed by atoms with Gasteiger partial charge in [-0.15, -0.1) is 11.3 Å². The SMILES string of the molecule is O=C(NCc1ccncc1)c1cc2c(s1)-c1ccccc1CC2. The van der Waals surface area contributed by atoms with Crippen LogP contribution < -0.4 is 5.32 Å². The first-order valence-electron chi connectivity index (χ1n) is 7.69. The molecule has 23 heavy (non-hydrogen) atoms. The summed E-state index contributed by atoms with van der Waals surface area (Å²) < 4.78 is 0. The highest BCUT2D eigenvalue weighted by Gasteiger charge is 2.21. The van der Waals surface area contributed by atoms with Crippen LogP contribution in [0.4, 0.5) is 0 Å². The van der Waals surface area contributed by atoms with Crippen molar-refractivity contribution in [3.63, 3.8) is 0 Å². The third kappa shape index (κ3) is 2.78. The van der Waals surface area contributed by atoms with Crippen LogP contribution in [0.3, 0.4) is 0 Å². The molecule has 0 atom stereocenters. The van der Waals surface area contributed by atoms with Crippen molar-refractivity contribution in [1.29, 1.82) is 0 Å². The molecule has 1 aliphatic rings. The number of nitrogens with zero attached hydrogens (tertiary/aromatic N) is 1. The summed E-state index contributed by atoms with van der Waals surface area (Å²) in [4.78, 5) is 18.5. The normalized spacial score (nSPS) is 12.3. The van der Waals surface area contributed by atoms with Crippen molar-refractivity contribution in [3.05, 3.63) is 76.4 Å². The summed E-state index contributed by atoms with van der Waals surface area (Å²) in [5, 5.41) is 2.99. The highest BCUT2D eigenvalue weighted by molar-refractivity contribution is 7.17. The lowest BCUT2D eigenvalue weighted by molar-refractivity contribution is 0.0955. The molecule has 2 aromatic heterocycles. The molecule has 3 aromatic rings. The third-order valence-electron chi connectivity index (χ3n) is 4.16. The summed E-state index contributed by atoms with van der Waals surface area (Å²) in [6, 6.07) is 14.4. The van der Waals surface area contributed by atoms with Gasteiger partial charge in [-0.2, -0.15) is 0 Å². The molecule has 4 heteroatoms. The highest BCUT2D eigenvalue weighted by Crippen LogP contribution is 2.39. The minimum Gasteiger partial charge on any atom is -0.347 e. The maximum atomic E-state index is 12.4. The number of thiophene rings is 1. The van der Waals surface area contributed by atoms with Gasteiger partial charge in [-0.1, -0.05) is 24.3 Å². The Bertz CT molecular complexity index is 855. The van der Waals surface area contributed by atoms with Crippen LogP contribution in [0.15, 0.2) is 54.9 Å². The summed E-state index contributed by atoms with van der Waals surface area (Å²) >= 11 is 1.60. The van der Waals surface area contributed by atoms with Crippen molar-refractivity contribution < 1.29 is 4.79 Å². The number of amides is 1. The topological polar surface area (TPSA) is 42.0 Å². The summed E-state index contributed by atoms with van der Waals surface area (Å²) in [5.41, 5.74) is 5.01. The molecule has 114 valence electrons. The number of carbonyl (C=O) groups excluding carboxylic acids is 1. The first-order valence-corrected chi connectivity index (χ1v) is 8.51. The molecule has 2 heterocycles. The second-order valence-electron chi connectivity index (χ2n) is 5.66. The maximum absolute atomic E-state index is 12.4. The third-order valence-corrected chi connectivity index (χ3v) is 5.37. The van der Waals surface area contributed by atoms with Crippen LogP contribution in [0.5, 0.6) is 0 Å². The molecule has 1 N–H and O–H groups in total. The van der Waals surface area contributed by atoms with E-state index in [4.69, 9.17) is 0 Å². The molecule has 0 saturated carbocycles. The number of pyridine rings is 1. The largest absolute Gasteiger partial charge is 0.347 e. The number of hydrogen-bond acceptors (Lipinski definition) is 3. The number of carbonyl (C=O) groups is 1. The van der Waals surface area contributed by atoms with Crippen LogP contribution in [-0.2, 0) is 19.4 Å². The minimum absolute atomic E-state index is 0.00121. The Kier molecular flexibility index (Phi) is 3.67. The van der Waals surface area contributed by atoms with Crippen LogP contribution in [0.1, 0.15) is 26.4 Å². The van der Waals surface area contributed by atoms with Crippen LogP contribution in [0.2, 0.25) is 0 Å². The van der Waals surface area contributed by atoms with Gasteiger partial charge in [0.25, 0.3) is 5.91 Å². The Hall–Kier alpha value is -2.46. The molecule has 0 bridgehead atoms. The smallest absolute Gasteiger partial charge is 0.261 e. The van der Waals surface area contributed by atoms with E-state index >= 15 is 0 Å². The fourth-order valence-electron chi connectivity index (χ4n) is 2.95. The lowest BCUT2D eigenvalue weighted by Gasteiger charge is -2.15. The molecule has 0 aliphatic heterocycles. The molecule has 0 radical (unpaired) electrons. The van der Waals surface area contributed by atoms with Crippen molar-refractivity contribution in [3.8, 4) is 10.4 Å². The highest BCUT2D eigenvalue weighted by atomic mass is 32.1. The van der Waals surface area contributed by atoms with Crippen LogP contribution in [-0.4, -0.2) is 10.9 Å². The fourth-order valence-corrected chi connectivity index (χ4v) is 4.14. The summed E-state index contributed by atoms with van der Waals surface area (Å²) in [7, 11) is 0. The fraction of sp³-hybridized carbons (Fsp3) is 0.158. The van der Waals surface area contributed by atoms with Crippen LogP contribution in [0, 0.1) is 0 Å². The van der Waals surface area contributed by atoms with Gasteiger partial charge in [-0.05, 0) is 53.3 Å². The van der Waals surface area contributed by atoms with Gasteiger partial charge in [0.2, 0.25) is 0 Å². The quantitative estimate of drug-likeness (QED) is 0.797. The van der Waals surface area contributed by atoms with E-state index in [0.29, 0.717) is 6.54 Å². The van der Waals surface area contributed by atoms with E-state index in [0.717, 1.165) is 23.3 Å². The molecule has 1 amide bonds. The Labute approximate surface area is 139 Å². The Morgan fingerprint density at radius 3 is 2.74 bits per heavy atom. The molecule has 1 aliphatic carbocycles. The van der Waals surface area contributed by atoms with Crippen molar-refractivity contribution in [2.45, 2.75) is 19.4 Å². The zero-order valence-corrected chi connectivity index (χ0v) is 13.4. The van der Waals surface area contributed by atoms with E-state index in [1.54, 1.807) is 23.7 Å².